The first kappa shape index (κ1) is 11.8. The van der Waals surface area contributed by atoms with E-state index in [-0.39, 0.29) is 5.63 Å². The molecule has 0 atom stereocenters. The van der Waals surface area contributed by atoms with E-state index in [0.29, 0.717) is 5.56 Å². The molecule has 1 aromatic rings. The lowest BCUT2D eigenvalue weighted by Crippen LogP contribution is -1.97. The Hall–Kier alpha value is -1.25. The van der Waals surface area contributed by atoms with Crippen LogP contribution in [0.5, 0.6) is 0 Å². The standard InChI is InChI=1S/C12H19NO2/c1-4-5-6-7-8-9(2)11-10(3)12(14)15-13-11/h13H,2,4-8H2,1,3H3. The SMILES string of the molecule is C=C(CCCCCC)c1[nH]oc(=O)c1C. The molecule has 0 aliphatic rings. The van der Waals surface area contributed by atoms with E-state index in [2.05, 4.69) is 18.7 Å². The third kappa shape index (κ3) is 3.11. The van der Waals surface area contributed by atoms with Crippen LogP contribution in [0.3, 0.4) is 0 Å². The van der Waals surface area contributed by atoms with Crippen LogP contribution >= 0.6 is 0 Å². The summed E-state index contributed by atoms with van der Waals surface area (Å²) < 4.78 is 4.70. The second kappa shape index (κ2) is 5.59. The molecule has 1 N–H and O–H groups in total. The van der Waals surface area contributed by atoms with Gasteiger partial charge in [0.2, 0.25) is 0 Å². The van der Waals surface area contributed by atoms with Gasteiger partial charge in [0.25, 0.3) is 0 Å². The third-order valence-electron chi connectivity index (χ3n) is 2.61. The molecule has 1 heterocycles. The molecule has 0 saturated carbocycles. The molecule has 0 aliphatic carbocycles. The quantitative estimate of drug-likeness (QED) is 0.731. The highest BCUT2D eigenvalue weighted by Crippen LogP contribution is 2.19. The predicted octanol–water partition coefficient (Wildman–Crippen LogP) is 3.26. The molecule has 0 amide bonds. The molecule has 0 radical (unpaired) electrons. The molecule has 0 aromatic carbocycles. The zero-order valence-corrected chi connectivity index (χ0v) is 9.56. The second-order valence-corrected chi connectivity index (χ2v) is 3.91. The van der Waals surface area contributed by atoms with Crippen molar-refractivity contribution in [2.45, 2.75) is 46.0 Å². The Bertz CT molecular complexity index is 373. The van der Waals surface area contributed by atoms with Crippen LogP contribution < -0.4 is 5.63 Å². The zero-order valence-electron chi connectivity index (χ0n) is 9.56. The molecule has 0 fully saturated rings. The van der Waals surface area contributed by atoms with Crippen molar-refractivity contribution in [3.63, 3.8) is 0 Å². The number of hydrogen-bond acceptors (Lipinski definition) is 2. The van der Waals surface area contributed by atoms with Gasteiger partial charge < -0.3 is 4.52 Å². The minimum absolute atomic E-state index is 0.292. The van der Waals surface area contributed by atoms with Crippen LogP contribution in [0.2, 0.25) is 0 Å². The molecule has 1 rings (SSSR count). The molecule has 0 bridgehead atoms. The Morgan fingerprint density at radius 2 is 2.13 bits per heavy atom. The number of unbranched alkanes of at least 4 members (excludes halogenated alkanes) is 3. The van der Waals surface area contributed by atoms with Gasteiger partial charge in [-0.15, -0.1) is 0 Å². The summed E-state index contributed by atoms with van der Waals surface area (Å²) in [5.74, 6) is 0. The van der Waals surface area contributed by atoms with Crippen molar-refractivity contribution in [1.82, 2.24) is 5.16 Å². The number of aromatic amines is 1. The van der Waals surface area contributed by atoms with Gasteiger partial charge in [-0.2, -0.15) is 0 Å². The lowest BCUT2D eigenvalue weighted by atomic mass is 10.0. The van der Waals surface area contributed by atoms with Gasteiger partial charge in [-0.1, -0.05) is 32.8 Å². The van der Waals surface area contributed by atoms with E-state index >= 15 is 0 Å². The molecule has 3 heteroatoms. The molecule has 15 heavy (non-hydrogen) atoms. The summed E-state index contributed by atoms with van der Waals surface area (Å²) in [5.41, 5.74) is 2.08. The zero-order chi connectivity index (χ0) is 11.3. The fourth-order valence-corrected chi connectivity index (χ4v) is 1.58. The molecule has 0 aliphatic heterocycles. The summed E-state index contributed by atoms with van der Waals surface area (Å²) in [4.78, 5) is 11.1. The molecule has 0 spiro atoms. The van der Waals surface area contributed by atoms with Gasteiger partial charge in [0.05, 0.1) is 11.3 Å². The van der Waals surface area contributed by atoms with E-state index in [1.165, 1.54) is 19.3 Å². The van der Waals surface area contributed by atoms with Gasteiger partial charge in [-0.05, 0) is 25.3 Å². The summed E-state index contributed by atoms with van der Waals surface area (Å²) in [6, 6.07) is 0. The fraction of sp³-hybridized carbons (Fsp3) is 0.583. The van der Waals surface area contributed by atoms with E-state index in [1.54, 1.807) is 6.92 Å². The average Bonchev–Trinajstić information content (AvgIpc) is 2.55. The van der Waals surface area contributed by atoms with Gasteiger partial charge in [0.15, 0.2) is 0 Å². The van der Waals surface area contributed by atoms with Crippen molar-refractivity contribution in [2.24, 2.45) is 0 Å². The minimum Gasteiger partial charge on any atom is -0.338 e. The Morgan fingerprint density at radius 1 is 1.40 bits per heavy atom. The topological polar surface area (TPSA) is 46.0 Å². The fourth-order valence-electron chi connectivity index (χ4n) is 1.58. The van der Waals surface area contributed by atoms with Gasteiger partial charge >= 0.3 is 5.63 Å². The first-order valence-corrected chi connectivity index (χ1v) is 5.53. The minimum atomic E-state index is -0.292. The smallest absolute Gasteiger partial charge is 0.338 e. The van der Waals surface area contributed by atoms with E-state index in [1.807, 2.05) is 0 Å². The number of hydrogen-bond donors (Lipinski definition) is 1. The molecule has 84 valence electrons. The monoisotopic (exact) mass is 209 g/mol. The molecule has 1 aromatic heterocycles. The summed E-state index contributed by atoms with van der Waals surface area (Å²) in [5, 5.41) is 2.63. The van der Waals surface area contributed by atoms with E-state index in [9.17, 15) is 4.79 Å². The molecule has 0 unspecified atom stereocenters. The van der Waals surface area contributed by atoms with E-state index < -0.39 is 0 Å². The third-order valence-corrected chi connectivity index (χ3v) is 2.61. The summed E-state index contributed by atoms with van der Waals surface area (Å²) >= 11 is 0. The van der Waals surface area contributed by atoms with Crippen molar-refractivity contribution >= 4 is 5.57 Å². The van der Waals surface area contributed by atoms with Crippen molar-refractivity contribution in [3.8, 4) is 0 Å². The van der Waals surface area contributed by atoms with Crippen LogP contribution in [0.15, 0.2) is 15.9 Å². The van der Waals surface area contributed by atoms with Crippen molar-refractivity contribution in [1.29, 1.82) is 0 Å². The van der Waals surface area contributed by atoms with Crippen LogP contribution in [0.25, 0.3) is 5.57 Å². The number of rotatable bonds is 6. The summed E-state index contributed by atoms with van der Waals surface area (Å²) in [7, 11) is 0. The predicted molar refractivity (Wildman–Crippen MR) is 61.9 cm³/mol. The van der Waals surface area contributed by atoms with Crippen LogP contribution in [0.4, 0.5) is 0 Å². The maximum Gasteiger partial charge on any atom is 0.360 e. The molecular weight excluding hydrogens is 190 g/mol. The number of allylic oxidation sites excluding steroid dienone is 1. The normalized spacial score (nSPS) is 10.5. The van der Waals surface area contributed by atoms with Gasteiger partial charge in [-0.25, -0.2) is 9.95 Å². The largest absolute Gasteiger partial charge is 0.360 e. The average molecular weight is 209 g/mol. The lowest BCUT2D eigenvalue weighted by molar-refractivity contribution is 0.389. The van der Waals surface area contributed by atoms with Crippen LogP contribution in [-0.2, 0) is 0 Å². The van der Waals surface area contributed by atoms with Crippen molar-refractivity contribution in [2.75, 3.05) is 0 Å². The highest BCUT2D eigenvalue weighted by molar-refractivity contribution is 5.61. The highest BCUT2D eigenvalue weighted by atomic mass is 16.5. The lowest BCUT2D eigenvalue weighted by Gasteiger charge is -2.02. The van der Waals surface area contributed by atoms with Crippen molar-refractivity contribution in [3.05, 3.63) is 28.3 Å². The Kier molecular flexibility index (Phi) is 4.40. The number of nitrogens with one attached hydrogen (secondary N) is 1. The Balaban J connectivity index is 2.47. The number of H-pyrrole nitrogens is 1. The first-order valence-electron chi connectivity index (χ1n) is 5.53. The van der Waals surface area contributed by atoms with E-state index in [0.717, 1.165) is 24.1 Å². The first-order chi connectivity index (χ1) is 7.16. The summed E-state index contributed by atoms with van der Waals surface area (Å²) in [6.07, 6.45) is 5.76. The highest BCUT2D eigenvalue weighted by Gasteiger charge is 2.09. The maximum absolute atomic E-state index is 11.1. The van der Waals surface area contributed by atoms with Gasteiger partial charge in [0, 0.05) is 0 Å². The van der Waals surface area contributed by atoms with Gasteiger partial charge in [-0.3, -0.25) is 0 Å². The van der Waals surface area contributed by atoms with Crippen molar-refractivity contribution < 1.29 is 4.52 Å². The molecular formula is C12H19NO2. The van der Waals surface area contributed by atoms with Gasteiger partial charge in [0.1, 0.15) is 0 Å². The molecule has 0 saturated heterocycles. The van der Waals surface area contributed by atoms with Crippen LogP contribution in [0, 0.1) is 6.92 Å². The number of aromatic nitrogens is 1. The molecule has 3 nitrogen and oxygen atoms in total. The summed E-state index contributed by atoms with van der Waals surface area (Å²) in [6.45, 7) is 7.91. The van der Waals surface area contributed by atoms with Crippen LogP contribution in [-0.4, -0.2) is 5.16 Å². The maximum atomic E-state index is 11.1. The Morgan fingerprint density at radius 3 is 2.67 bits per heavy atom. The Labute approximate surface area is 90.2 Å². The van der Waals surface area contributed by atoms with E-state index in [4.69, 9.17) is 4.52 Å². The van der Waals surface area contributed by atoms with Crippen LogP contribution in [0.1, 0.15) is 50.3 Å². The second-order valence-electron chi connectivity index (χ2n) is 3.91.